The van der Waals surface area contributed by atoms with E-state index in [1.165, 1.54) is 19.2 Å². The highest BCUT2D eigenvalue weighted by Gasteiger charge is 2.27. The summed E-state index contributed by atoms with van der Waals surface area (Å²) in [6.45, 7) is -0.201. The van der Waals surface area contributed by atoms with Gasteiger partial charge >= 0.3 is 5.97 Å². The summed E-state index contributed by atoms with van der Waals surface area (Å²) in [7, 11) is 1.26. The number of aromatic nitrogens is 2. The zero-order valence-electron chi connectivity index (χ0n) is 12.6. The topological polar surface area (TPSA) is 73.2 Å². The quantitative estimate of drug-likeness (QED) is 0.865. The number of nitrogens with zero attached hydrogens (tertiary/aromatic N) is 2. The molecule has 0 saturated heterocycles. The van der Waals surface area contributed by atoms with Crippen molar-refractivity contribution in [3.05, 3.63) is 47.0 Å². The molecule has 1 aromatic heterocycles. The molecule has 3 rings (SSSR count). The van der Waals surface area contributed by atoms with Crippen LogP contribution in [0.1, 0.15) is 28.2 Å². The first-order valence-electron chi connectivity index (χ1n) is 7.32. The Morgan fingerprint density at radius 3 is 2.74 bits per heavy atom. The number of fused-ring (bicyclic) bond motifs is 1. The Bertz CT molecular complexity index is 753. The first kappa shape index (κ1) is 15.2. The Balaban J connectivity index is 1.90. The second-order valence-corrected chi connectivity index (χ2v) is 5.27. The van der Waals surface area contributed by atoms with Crippen molar-refractivity contribution in [2.24, 2.45) is 0 Å². The molecule has 0 radical (unpaired) electrons. The number of nitrogens with one attached hydrogen (secondary N) is 1. The molecule has 0 spiro atoms. The maximum Gasteiger partial charge on any atom is 0.325 e. The van der Waals surface area contributed by atoms with E-state index in [0.717, 1.165) is 30.5 Å². The molecule has 7 heteroatoms. The lowest BCUT2D eigenvalue weighted by molar-refractivity contribution is -0.139. The Hall–Kier alpha value is -2.70. The molecule has 2 aromatic rings. The number of hydrogen-bond donors (Lipinski definition) is 1. The molecule has 1 aliphatic carbocycles. The van der Waals surface area contributed by atoms with Crippen molar-refractivity contribution in [2.75, 3.05) is 13.7 Å². The lowest BCUT2D eigenvalue weighted by Crippen LogP contribution is -2.31. The van der Waals surface area contributed by atoms with Crippen LogP contribution in [0, 0.1) is 5.82 Å². The molecule has 1 aromatic carbocycles. The average molecular weight is 317 g/mol. The largest absolute Gasteiger partial charge is 0.468 e. The van der Waals surface area contributed by atoms with Crippen LogP contribution in [0.2, 0.25) is 0 Å². The summed E-state index contributed by atoms with van der Waals surface area (Å²) in [5, 5.41) is 6.87. The van der Waals surface area contributed by atoms with Crippen molar-refractivity contribution in [1.29, 1.82) is 0 Å². The summed E-state index contributed by atoms with van der Waals surface area (Å²) in [4.78, 5) is 23.4. The molecule has 1 amide bonds. The highest BCUT2D eigenvalue weighted by Crippen LogP contribution is 2.27. The highest BCUT2D eigenvalue weighted by molar-refractivity contribution is 5.96. The second-order valence-electron chi connectivity index (χ2n) is 5.27. The zero-order valence-corrected chi connectivity index (χ0v) is 12.6. The normalized spacial score (nSPS) is 12.8. The van der Waals surface area contributed by atoms with E-state index in [-0.39, 0.29) is 12.4 Å². The van der Waals surface area contributed by atoms with Crippen LogP contribution in [0.4, 0.5) is 4.39 Å². The van der Waals surface area contributed by atoms with E-state index >= 15 is 0 Å². The van der Waals surface area contributed by atoms with E-state index in [0.29, 0.717) is 11.4 Å². The van der Waals surface area contributed by atoms with Gasteiger partial charge in [-0.15, -0.1) is 0 Å². The van der Waals surface area contributed by atoms with Gasteiger partial charge < -0.3 is 10.1 Å². The summed E-state index contributed by atoms with van der Waals surface area (Å²) in [6, 6.07) is 5.96. The summed E-state index contributed by atoms with van der Waals surface area (Å²) >= 11 is 0. The van der Waals surface area contributed by atoms with Crippen molar-refractivity contribution in [2.45, 2.75) is 19.3 Å². The van der Waals surface area contributed by atoms with Gasteiger partial charge in [0.25, 0.3) is 5.91 Å². The van der Waals surface area contributed by atoms with Gasteiger partial charge in [-0.1, -0.05) is 0 Å². The number of methoxy groups -OCH3 is 1. The van der Waals surface area contributed by atoms with E-state index in [9.17, 15) is 14.0 Å². The molecule has 0 bridgehead atoms. The van der Waals surface area contributed by atoms with Crippen LogP contribution in [0.5, 0.6) is 0 Å². The zero-order chi connectivity index (χ0) is 16.4. The molecule has 0 saturated carbocycles. The van der Waals surface area contributed by atoms with Crippen molar-refractivity contribution >= 4 is 11.9 Å². The molecular weight excluding hydrogens is 301 g/mol. The van der Waals surface area contributed by atoms with E-state index in [1.54, 1.807) is 16.8 Å². The smallest absolute Gasteiger partial charge is 0.325 e. The van der Waals surface area contributed by atoms with Crippen LogP contribution in [0.3, 0.4) is 0 Å². The third-order valence-corrected chi connectivity index (χ3v) is 3.84. The lowest BCUT2D eigenvalue weighted by Gasteiger charge is -2.05. The van der Waals surface area contributed by atoms with E-state index < -0.39 is 11.9 Å². The number of esters is 1. The first-order valence-corrected chi connectivity index (χ1v) is 7.32. The molecule has 0 fully saturated rings. The predicted octanol–water partition coefficient (Wildman–Crippen LogP) is 1.40. The Kier molecular flexibility index (Phi) is 4.10. The highest BCUT2D eigenvalue weighted by atomic mass is 19.1. The minimum atomic E-state index is -0.520. The predicted molar refractivity (Wildman–Crippen MR) is 79.9 cm³/mol. The van der Waals surface area contributed by atoms with Gasteiger partial charge in [-0.25, -0.2) is 9.07 Å². The SMILES string of the molecule is COC(=O)CNC(=O)c1nn(-c2ccc(F)cc2)c2c1CCC2. The monoisotopic (exact) mass is 317 g/mol. The van der Waals surface area contributed by atoms with Crippen LogP contribution in [-0.4, -0.2) is 35.3 Å². The molecule has 1 heterocycles. The van der Waals surface area contributed by atoms with Crippen LogP contribution >= 0.6 is 0 Å². The standard InChI is InChI=1S/C16H16FN3O3/c1-23-14(21)9-18-16(22)15-12-3-2-4-13(12)20(19-15)11-7-5-10(17)6-8-11/h5-8H,2-4,9H2,1H3,(H,18,22). The molecule has 0 atom stereocenters. The van der Waals surface area contributed by atoms with E-state index in [1.807, 2.05) is 0 Å². The Morgan fingerprint density at radius 2 is 2.04 bits per heavy atom. The van der Waals surface area contributed by atoms with Crippen LogP contribution in [-0.2, 0) is 22.4 Å². The van der Waals surface area contributed by atoms with Gasteiger partial charge in [-0.2, -0.15) is 5.10 Å². The molecule has 1 aliphatic rings. The van der Waals surface area contributed by atoms with Crippen molar-refractivity contribution in [1.82, 2.24) is 15.1 Å². The number of hydrogen-bond acceptors (Lipinski definition) is 4. The van der Waals surface area contributed by atoms with Crippen LogP contribution in [0.15, 0.2) is 24.3 Å². The fraction of sp³-hybridized carbons (Fsp3) is 0.312. The van der Waals surface area contributed by atoms with Crippen molar-refractivity contribution in [3.8, 4) is 5.69 Å². The fourth-order valence-electron chi connectivity index (χ4n) is 2.72. The summed E-state index contributed by atoms with van der Waals surface area (Å²) < 4.78 is 19.3. The van der Waals surface area contributed by atoms with Crippen molar-refractivity contribution in [3.63, 3.8) is 0 Å². The fourth-order valence-corrected chi connectivity index (χ4v) is 2.72. The minimum absolute atomic E-state index is 0.201. The molecule has 0 aliphatic heterocycles. The van der Waals surface area contributed by atoms with Gasteiger partial charge in [0.1, 0.15) is 12.4 Å². The average Bonchev–Trinajstić information content (AvgIpc) is 3.15. The molecule has 23 heavy (non-hydrogen) atoms. The Labute approximate surface area is 132 Å². The summed E-state index contributed by atoms with van der Waals surface area (Å²) in [5.74, 6) is -1.25. The van der Waals surface area contributed by atoms with Crippen LogP contribution < -0.4 is 5.32 Å². The number of carbonyl (C=O) groups is 2. The van der Waals surface area contributed by atoms with Gasteiger partial charge in [0.15, 0.2) is 5.69 Å². The number of amides is 1. The van der Waals surface area contributed by atoms with Crippen LogP contribution in [0.25, 0.3) is 5.69 Å². The summed E-state index contributed by atoms with van der Waals surface area (Å²) in [5.41, 5.74) is 2.86. The third-order valence-electron chi connectivity index (χ3n) is 3.84. The van der Waals surface area contributed by atoms with Gasteiger partial charge in [0.05, 0.1) is 12.8 Å². The lowest BCUT2D eigenvalue weighted by atomic mass is 10.2. The summed E-state index contributed by atoms with van der Waals surface area (Å²) in [6.07, 6.45) is 2.51. The number of carbonyl (C=O) groups excluding carboxylic acids is 2. The van der Waals surface area contributed by atoms with Gasteiger partial charge in [-0.3, -0.25) is 9.59 Å². The van der Waals surface area contributed by atoms with Gasteiger partial charge in [-0.05, 0) is 43.5 Å². The number of halogens is 1. The third kappa shape index (κ3) is 2.94. The second kappa shape index (κ2) is 6.20. The number of benzene rings is 1. The van der Waals surface area contributed by atoms with Gasteiger partial charge in [0, 0.05) is 11.3 Å². The molecule has 6 nitrogen and oxygen atoms in total. The number of ether oxygens (including phenoxy) is 1. The van der Waals surface area contributed by atoms with Crippen molar-refractivity contribution < 1.29 is 18.7 Å². The minimum Gasteiger partial charge on any atom is -0.468 e. The number of rotatable bonds is 4. The maximum absolute atomic E-state index is 13.1. The molecular formula is C16H16FN3O3. The van der Waals surface area contributed by atoms with Gasteiger partial charge in [0.2, 0.25) is 0 Å². The first-order chi connectivity index (χ1) is 11.1. The molecule has 1 N–H and O–H groups in total. The molecule has 120 valence electrons. The maximum atomic E-state index is 13.1. The molecule has 0 unspecified atom stereocenters. The van der Waals surface area contributed by atoms with E-state index in [4.69, 9.17) is 0 Å². The Morgan fingerprint density at radius 1 is 1.30 bits per heavy atom. The van der Waals surface area contributed by atoms with E-state index in [2.05, 4.69) is 15.2 Å².